The summed E-state index contributed by atoms with van der Waals surface area (Å²) >= 11 is 5.32. The van der Waals surface area contributed by atoms with E-state index in [1.165, 1.54) is 11.1 Å². The zero-order valence-electron chi connectivity index (χ0n) is 11.2. The van der Waals surface area contributed by atoms with Crippen LogP contribution < -0.4 is 10.6 Å². The van der Waals surface area contributed by atoms with Gasteiger partial charge in [-0.2, -0.15) is 0 Å². The van der Waals surface area contributed by atoms with Crippen LogP contribution in [0.3, 0.4) is 0 Å². The minimum absolute atomic E-state index is 0.610. The van der Waals surface area contributed by atoms with E-state index in [0.29, 0.717) is 5.11 Å². The average Bonchev–Trinajstić information content (AvgIpc) is 2.38. The largest absolute Gasteiger partial charge is 0.332 e. The highest BCUT2D eigenvalue weighted by atomic mass is 32.1. The molecule has 2 nitrogen and oxygen atoms in total. The molecule has 98 valence electrons. The fourth-order valence-corrected chi connectivity index (χ4v) is 2.12. The van der Waals surface area contributed by atoms with Gasteiger partial charge in [-0.25, -0.2) is 0 Å². The molecule has 0 atom stereocenters. The molecule has 0 radical (unpaired) electrons. The number of thiocarbonyl (C=S) groups is 1. The fourth-order valence-electron chi connectivity index (χ4n) is 1.89. The Labute approximate surface area is 119 Å². The van der Waals surface area contributed by atoms with Crippen LogP contribution in [0.1, 0.15) is 18.1 Å². The van der Waals surface area contributed by atoms with Crippen LogP contribution in [0.15, 0.2) is 48.5 Å². The predicted octanol–water partition coefficient (Wildman–Crippen LogP) is 4.37. The number of hydrogen-bond acceptors (Lipinski definition) is 1. The van der Waals surface area contributed by atoms with E-state index in [2.05, 4.69) is 48.7 Å². The maximum atomic E-state index is 5.32. The van der Waals surface area contributed by atoms with Crippen molar-refractivity contribution in [2.24, 2.45) is 0 Å². The summed E-state index contributed by atoms with van der Waals surface area (Å²) in [5.41, 5.74) is 4.53. The normalized spacial score (nSPS) is 10.0. The van der Waals surface area contributed by atoms with E-state index in [9.17, 15) is 0 Å². The molecule has 19 heavy (non-hydrogen) atoms. The molecule has 2 N–H and O–H groups in total. The Morgan fingerprint density at radius 3 is 2.26 bits per heavy atom. The van der Waals surface area contributed by atoms with E-state index in [4.69, 9.17) is 12.2 Å². The zero-order chi connectivity index (χ0) is 13.7. The van der Waals surface area contributed by atoms with E-state index in [1.54, 1.807) is 0 Å². The lowest BCUT2D eigenvalue weighted by Gasteiger charge is -2.11. The molecule has 2 rings (SSSR count). The molecule has 0 spiro atoms. The molecule has 2 aromatic carbocycles. The first-order valence-corrected chi connectivity index (χ1v) is 6.82. The lowest BCUT2D eigenvalue weighted by molar-refractivity contribution is 1.14. The van der Waals surface area contributed by atoms with Gasteiger partial charge in [-0.3, -0.25) is 0 Å². The van der Waals surface area contributed by atoms with Crippen LogP contribution in [-0.2, 0) is 6.42 Å². The molecular weight excluding hydrogens is 252 g/mol. The third-order valence-corrected chi connectivity index (χ3v) is 3.07. The van der Waals surface area contributed by atoms with E-state index in [0.717, 1.165) is 17.8 Å². The summed E-state index contributed by atoms with van der Waals surface area (Å²) in [6.45, 7) is 4.20. The van der Waals surface area contributed by atoms with Crippen molar-refractivity contribution in [1.82, 2.24) is 0 Å². The summed E-state index contributed by atoms with van der Waals surface area (Å²) in [4.78, 5) is 0. The molecule has 0 aliphatic rings. The second kappa shape index (κ2) is 6.34. The molecule has 0 saturated heterocycles. The van der Waals surface area contributed by atoms with Gasteiger partial charge in [-0.1, -0.05) is 31.2 Å². The van der Waals surface area contributed by atoms with Gasteiger partial charge in [0.15, 0.2) is 5.11 Å². The van der Waals surface area contributed by atoms with Gasteiger partial charge in [0.25, 0.3) is 0 Å². The molecule has 0 aliphatic carbocycles. The lowest BCUT2D eigenvalue weighted by atomic mass is 10.1. The van der Waals surface area contributed by atoms with Crippen molar-refractivity contribution in [3.8, 4) is 0 Å². The van der Waals surface area contributed by atoms with Gasteiger partial charge in [0, 0.05) is 11.4 Å². The van der Waals surface area contributed by atoms with Crippen LogP contribution in [0.4, 0.5) is 11.4 Å². The first-order chi connectivity index (χ1) is 9.17. The van der Waals surface area contributed by atoms with Crippen LogP contribution in [0.2, 0.25) is 0 Å². The molecular formula is C16H18N2S. The fraction of sp³-hybridized carbons (Fsp3) is 0.188. The standard InChI is InChI=1S/C16H18N2S/c1-3-13-7-5-9-15(11-13)18-16(19)17-14-8-4-6-12(2)10-14/h4-11H,3H2,1-2H3,(H2,17,18,19). The minimum atomic E-state index is 0.610. The second-order valence-corrected chi connectivity index (χ2v) is 4.91. The molecule has 3 heteroatoms. The van der Waals surface area contributed by atoms with Gasteiger partial charge in [-0.05, 0) is 61.0 Å². The summed E-state index contributed by atoms with van der Waals surface area (Å²) in [6, 6.07) is 16.4. The first kappa shape index (κ1) is 13.6. The number of nitrogens with one attached hydrogen (secondary N) is 2. The maximum absolute atomic E-state index is 5.32. The van der Waals surface area contributed by atoms with Crippen LogP contribution in [0.5, 0.6) is 0 Å². The van der Waals surface area contributed by atoms with Gasteiger partial charge >= 0.3 is 0 Å². The highest BCUT2D eigenvalue weighted by molar-refractivity contribution is 7.80. The third kappa shape index (κ3) is 4.07. The first-order valence-electron chi connectivity index (χ1n) is 6.41. The van der Waals surface area contributed by atoms with Crippen molar-refractivity contribution in [2.75, 3.05) is 10.6 Å². The molecule has 0 saturated carbocycles. The zero-order valence-corrected chi connectivity index (χ0v) is 12.1. The summed E-state index contributed by atoms with van der Waals surface area (Å²) in [5, 5.41) is 7.00. The van der Waals surface area contributed by atoms with Crippen LogP contribution in [0, 0.1) is 6.92 Å². The quantitative estimate of drug-likeness (QED) is 0.810. The molecule has 0 bridgehead atoms. The van der Waals surface area contributed by atoms with E-state index < -0.39 is 0 Å². The molecule has 0 aromatic heterocycles. The Kier molecular flexibility index (Phi) is 4.53. The van der Waals surface area contributed by atoms with E-state index >= 15 is 0 Å². The molecule has 0 amide bonds. The van der Waals surface area contributed by atoms with Gasteiger partial charge in [0.05, 0.1) is 0 Å². The van der Waals surface area contributed by atoms with Crippen molar-refractivity contribution in [3.63, 3.8) is 0 Å². The number of aryl methyl sites for hydroxylation is 2. The highest BCUT2D eigenvalue weighted by Crippen LogP contribution is 2.13. The van der Waals surface area contributed by atoms with Gasteiger partial charge in [-0.15, -0.1) is 0 Å². The van der Waals surface area contributed by atoms with Crippen LogP contribution in [0.25, 0.3) is 0 Å². The van der Waals surface area contributed by atoms with Crippen LogP contribution in [-0.4, -0.2) is 5.11 Å². The van der Waals surface area contributed by atoms with Crippen molar-refractivity contribution in [3.05, 3.63) is 59.7 Å². The van der Waals surface area contributed by atoms with Crippen molar-refractivity contribution >= 4 is 28.7 Å². The average molecular weight is 270 g/mol. The Hall–Kier alpha value is -1.87. The SMILES string of the molecule is CCc1cccc(NC(=S)Nc2cccc(C)c2)c1. The topological polar surface area (TPSA) is 24.1 Å². The summed E-state index contributed by atoms with van der Waals surface area (Å²) in [6.07, 6.45) is 1.02. The monoisotopic (exact) mass is 270 g/mol. The van der Waals surface area contributed by atoms with Crippen molar-refractivity contribution in [2.45, 2.75) is 20.3 Å². The summed E-state index contributed by atoms with van der Waals surface area (Å²) in [7, 11) is 0. The van der Waals surface area contributed by atoms with Gasteiger partial charge in [0.1, 0.15) is 0 Å². The molecule has 0 unspecified atom stereocenters. The Balaban J connectivity index is 2.01. The van der Waals surface area contributed by atoms with E-state index in [-0.39, 0.29) is 0 Å². The van der Waals surface area contributed by atoms with Gasteiger partial charge < -0.3 is 10.6 Å². The van der Waals surface area contributed by atoms with E-state index in [1.807, 2.05) is 24.3 Å². The van der Waals surface area contributed by atoms with Crippen molar-refractivity contribution in [1.29, 1.82) is 0 Å². The van der Waals surface area contributed by atoms with Gasteiger partial charge in [0.2, 0.25) is 0 Å². The maximum Gasteiger partial charge on any atom is 0.175 e. The number of hydrogen-bond donors (Lipinski definition) is 2. The summed E-state index contributed by atoms with van der Waals surface area (Å²) < 4.78 is 0. The smallest absolute Gasteiger partial charge is 0.175 e. The summed E-state index contributed by atoms with van der Waals surface area (Å²) in [5.74, 6) is 0. The number of anilines is 2. The third-order valence-electron chi connectivity index (χ3n) is 2.87. The lowest BCUT2D eigenvalue weighted by Crippen LogP contribution is -2.19. The predicted molar refractivity (Wildman–Crippen MR) is 86.8 cm³/mol. The molecule has 0 aliphatic heterocycles. The second-order valence-electron chi connectivity index (χ2n) is 4.50. The molecule has 2 aromatic rings. The molecule has 0 heterocycles. The van der Waals surface area contributed by atoms with Crippen LogP contribution >= 0.6 is 12.2 Å². The molecule has 0 fully saturated rings. The minimum Gasteiger partial charge on any atom is -0.332 e. The number of benzene rings is 2. The Morgan fingerprint density at radius 1 is 1.00 bits per heavy atom. The number of rotatable bonds is 3. The van der Waals surface area contributed by atoms with Crippen molar-refractivity contribution < 1.29 is 0 Å². The Bertz CT molecular complexity index is 578. The Morgan fingerprint density at radius 2 is 1.63 bits per heavy atom. The highest BCUT2D eigenvalue weighted by Gasteiger charge is 1.99.